The smallest absolute Gasteiger partial charge is 0.145 e. The summed E-state index contributed by atoms with van der Waals surface area (Å²) in [5, 5.41) is 1.02. The lowest BCUT2D eigenvalue weighted by Crippen LogP contribution is -2.08. The van der Waals surface area contributed by atoms with Crippen molar-refractivity contribution >= 4 is 16.7 Å². The molecule has 0 aliphatic carbocycles. The van der Waals surface area contributed by atoms with Gasteiger partial charge in [0.05, 0.1) is 13.7 Å². The summed E-state index contributed by atoms with van der Waals surface area (Å²) in [7, 11) is 1.66. The Hall–Kier alpha value is -2.79. The zero-order chi connectivity index (χ0) is 16.1. The molecule has 0 aliphatic heterocycles. The molecule has 0 amide bonds. The van der Waals surface area contributed by atoms with Crippen LogP contribution in [0.1, 0.15) is 5.56 Å². The van der Waals surface area contributed by atoms with Crippen LogP contribution in [0.3, 0.4) is 0 Å². The van der Waals surface area contributed by atoms with Crippen LogP contribution in [0.15, 0.2) is 54.6 Å². The first-order valence-electron chi connectivity index (χ1n) is 7.42. The highest BCUT2D eigenvalue weighted by Gasteiger charge is 2.05. The summed E-state index contributed by atoms with van der Waals surface area (Å²) in [6.45, 7) is 0.577. The van der Waals surface area contributed by atoms with Gasteiger partial charge in [-0.25, -0.2) is 10.8 Å². The summed E-state index contributed by atoms with van der Waals surface area (Å²) >= 11 is 0. The summed E-state index contributed by atoms with van der Waals surface area (Å²) in [6, 6.07) is 17.7. The van der Waals surface area contributed by atoms with Gasteiger partial charge in [-0.2, -0.15) is 0 Å². The molecule has 3 rings (SSSR count). The molecule has 0 fully saturated rings. The number of fused-ring (bicyclic) bond motifs is 1. The molecule has 3 aromatic rings. The number of methoxy groups -OCH3 is 1. The number of nitrogen functional groups attached to an aromatic ring is 1. The molecular weight excluding hydrogens is 290 g/mol. The zero-order valence-corrected chi connectivity index (χ0v) is 13.0. The number of ether oxygens (including phenoxy) is 2. The van der Waals surface area contributed by atoms with Gasteiger partial charge in [0.2, 0.25) is 0 Å². The number of benzene rings is 2. The number of hydrazine groups is 1. The Morgan fingerprint density at radius 3 is 2.61 bits per heavy atom. The molecule has 5 nitrogen and oxygen atoms in total. The van der Waals surface area contributed by atoms with Crippen LogP contribution in [0.4, 0.5) is 5.82 Å². The Morgan fingerprint density at radius 2 is 1.87 bits per heavy atom. The number of hydrogen-bond acceptors (Lipinski definition) is 5. The van der Waals surface area contributed by atoms with Gasteiger partial charge in [-0.15, -0.1) is 0 Å². The fraction of sp³-hybridized carbons (Fsp3) is 0.167. The fourth-order valence-corrected chi connectivity index (χ4v) is 2.39. The lowest BCUT2D eigenvalue weighted by Gasteiger charge is -2.10. The number of hydrogen-bond donors (Lipinski definition) is 2. The molecule has 23 heavy (non-hydrogen) atoms. The van der Waals surface area contributed by atoms with E-state index in [0.717, 1.165) is 28.8 Å². The van der Waals surface area contributed by atoms with Gasteiger partial charge in [0.25, 0.3) is 0 Å². The van der Waals surface area contributed by atoms with Crippen LogP contribution in [0, 0.1) is 0 Å². The van der Waals surface area contributed by atoms with Crippen molar-refractivity contribution < 1.29 is 9.47 Å². The number of para-hydroxylation sites is 1. The summed E-state index contributed by atoms with van der Waals surface area (Å²) in [6.07, 6.45) is 0.815. The number of nitrogens with zero attached hydrogens (tertiary/aromatic N) is 1. The Bertz CT molecular complexity index is 788. The third-order valence-electron chi connectivity index (χ3n) is 3.64. The third kappa shape index (κ3) is 3.52. The SMILES string of the molecule is COc1ccc(CCOc2cccc3ccc(NN)nc23)cc1. The standard InChI is InChI=1S/C18H19N3O2/c1-22-15-8-5-13(6-9-15)11-12-23-16-4-2-3-14-7-10-17(21-19)20-18(14)16/h2-10H,11-12,19H2,1H3,(H,20,21). The minimum absolute atomic E-state index is 0.577. The maximum Gasteiger partial charge on any atom is 0.145 e. The Labute approximate surface area is 135 Å². The maximum atomic E-state index is 5.92. The molecule has 0 aliphatic rings. The van der Waals surface area contributed by atoms with Crippen molar-refractivity contribution in [1.29, 1.82) is 0 Å². The van der Waals surface area contributed by atoms with E-state index >= 15 is 0 Å². The number of anilines is 1. The van der Waals surface area contributed by atoms with Gasteiger partial charge in [0, 0.05) is 11.8 Å². The van der Waals surface area contributed by atoms with Gasteiger partial charge in [-0.1, -0.05) is 24.3 Å². The largest absolute Gasteiger partial charge is 0.497 e. The zero-order valence-electron chi connectivity index (χ0n) is 13.0. The van der Waals surface area contributed by atoms with Crippen molar-refractivity contribution in [3.8, 4) is 11.5 Å². The average molecular weight is 309 g/mol. The molecule has 0 atom stereocenters. The van der Waals surface area contributed by atoms with E-state index in [2.05, 4.69) is 10.4 Å². The van der Waals surface area contributed by atoms with Crippen molar-refractivity contribution in [2.75, 3.05) is 19.1 Å². The first-order chi connectivity index (χ1) is 11.3. The molecule has 118 valence electrons. The van der Waals surface area contributed by atoms with Crippen molar-refractivity contribution in [3.05, 3.63) is 60.2 Å². The number of rotatable bonds is 6. The molecule has 3 N–H and O–H groups in total. The van der Waals surface area contributed by atoms with Gasteiger partial charge in [0.15, 0.2) is 0 Å². The molecule has 0 spiro atoms. The lowest BCUT2D eigenvalue weighted by molar-refractivity contribution is 0.325. The van der Waals surface area contributed by atoms with E-state index in [-0.39, 0.29) is 0 Å². The van der Waals surface area contributed by atoms with Crippen molar-refractivity contribution in [1.82, 2.24) is 4.98 Å². The lowest BCUT2D eigenvalue weighted by atomic mass is 10.1. The molecule has 5 heteroatoms. The predicted octanol–water partition coefficient (Wildman–Crippen LogP) is 3.15. The van der Waals surface area contributed by atoms with E-state index in [4.69, 9.17) is 15.3 Å². The van der Waals surface area contributed by atoms with Crippen molar-refractivity contribution in [3.63, 3.8) is 0 Å². The fourth-order valence-electron chi connectivity index (χ4n) is 2.39. The second kappa shape index (κ2) is 6.98. The van der Waals surface area contributed by atoms with E-state index < -0.39 is 0 Å². The molecule has 0 radical (unpaired) electrons. The minimum Gasteiger partial charge on any atom is -0.497 e. The first kappa shape index (κ1) is 15.1. The van der Waals surface area contributed by atoms with Gasteiger partial charge in [-0.05, 0) is 35.9 Å². The molecule has 0 saturated carbocycles. The van der Waals surface area contributed by atoms with Crippen molar-refractivity contribution in [2.45, 2.75) is 6.42 Å². The van der Waals surface area contributed by atoms with E-state index in [1.165, 1.54) is 5.56 Å². The van der Waals surface area contributed by atoms with Crippen LogP contribution in [0.2, 0.25) is 0 Å². The molecule has 0 saturated heterocycles. The van der Waals surface area contributed by atoms with E-state index in [1.807, 2.05) is 54.6 Å². The second-order valence-corrected chi connectivity index (χ2v) is 5.12. The monoisotopic (exact) mass is 309 g/mol. The molecule has 1 aromatic heterocycles. The second-order valence-electron chi connectivity index (χ2n) is 5.12. The van der Waals surface area contributed by atoms with Gasteiger partial charge < -0.3 is 14.9 Å². The molecule has 0 unspecified atom stereocenters. The Kier molecular flexibility index (Phi) is 4.59. The first-order valence-corrected chi connectivity index (χ1v) is 7.42. The number of nitrogens with two attached hydrogens (primary N) is 1. The Morgan fingerprint density at radius 1 is 1.04 bits per heavy atom. The summed E-state index contributed by atoms with van der Waals surface area (Å²) in [5.41, 5.74) is 4.56. The molecule has 1 heterocycles. The van der Waals surface area contributed by atoms with E-state index in [9.17, 15) is 0 Å². The van der Waals surface area contributed by atoms with Crippen LogP contribution < -0.4 is 20.7 Å². The highest BCUT2D eigenvalue weighted by molar-refractivity contribution is 5.85. The van der Waals surface area contributed by atoms with Crippen LogP contribution in [-0.2, 0) is 6.42 Å². The predicted molar refractivity (Wildman–Crippen MR) is 91.7 cm³/mol. The highest BCUT2D eigenvalue weighted by Crippen LogP contribution is 2.25. The normalized spacial score (nSPS) is 10.5. The van der Waals surface area contributed by atoms with E-state index in [0.29, 0.717) is 12.4 Å². The summed E-state index contributed by atoms with van der Waals surface area (Å²) in [4.78, 5) is 4.46. The van der Waals surface area contributed by atoms with Crippen molar-refractivity contribution in [2.24, 2.45) is 5.84 Å². The third-order valence-corrected chi connectivity index (χ3v) is 3.64. The quantitative estimate of drug-likeness (QED) is 0.541. The number of aromatic nitrogens is 1. The highest BCUT2D eigenvalue weighted by atomic mass is 16.5. The van der Waals surface area contributed by atoms with Gasteiger partial charge in [0.1, 0.15) is 22.8 Å². The van der Waals surface area contributed by atoms with Crippen LogP contribution in [0.25, 0.3) is 10.9 Å². The summed E-state index contributed by atoms with van der Waals surface area (Å²) < 4.78 is 11.1. The Balaban J connectivity index is 1.71. The molecule has 2 aromatic carbocycles. The van der Waals surface area contributed by atoms with Crippen LogP contribution >= 0.6 is 0 Å². The maximum absolute atomic E-state index is 5.92. The number of nitrogens with one attached hydrogen (secondary N) is 1. The van der Waals surface area contributed by atoms with E-state index in [1.54, 1.807) is 7.11 Å². The van der Waals surface area contributed by atoms with Gasteiger partial charge >= 0.3 is 0 Å². The molecular formula is C18H19N3O2. The topological polar surface area (TPSA) is 69.4 Å². The van der Waals surface area contributed by atoms with Gasteiger partial charge in [-0.3, -0.25) is 0 Å². The minimum atomic E-state index is 0.577. The van der Waals surface area contributed by atoms with Crippen LogP contribution in [0.5, 0.6) is 11.5 Å². The number of pyridine rings is 1. The summed E-state index contributed by atoms with van der Waals surface area (Å²) in [5.74, 6) is 7.66. The average Bonchev–Trinajstić information content (AvgIpc) is 2.62. The van der Waals surface area contributed by atoms with Crippen LogP contribution in [-0.4, -0.2) is 18.7 Å². The molecule has 0 bridgehead atoms.